The van der Waals surface area contributed by atoms with Crippen molar-refractivity contribution in [1.29, 1.82) is 0 Å². The maximum Gasteiger partial charge on any atom is 0.306 e. The fourth-order valence-corrected chi connectivity index (χ4v) is 8.53. The molecule has 0 spiro atoms. The Morgan fingerprint density at radius 1 is 0.300 bits per heavy atom. The highest BCUT2D eigenvalue weighted by Gasteiger charge is 2.19. The average Bonchev–Trinajstić information content (AvgIpc) is 3.36. The molecule has 1 unspecified atom stereocenters. The van der Waals surface area contributed by atoms with Gasteiger partial charge in [0, 0.05) is 19.3 Å². The number of unbranched alkanes of at least 4 members (excludes halogenated alkanes) is 31. The van der Waals surface area contributed by atoms with Crippen molar-refractivity contribution in [2.24, 2.45) is 0 Å². The minimum atomic E-state index is -0.795. The first-order valence-electron chi connectivity index (χ1n) is 29.9. The third-order valence-electron chi connectivity index (χ3n) is 13.0. The van der Waals surface area contributed by atoms with E-state index in [1.54, 1.807) is 0 Å². The first-order valence-corrected chi connectivity index (χ1v) is 29.9. The molecule has 0 N–H and O–H groups in total. The van der Waals surface area contributed by atoms with Gasteiger partial charge < -0.3 is 14.2 Å². The van der Waals surface area contributed by atoms with Gasteiger partial charge in [0.1, 0.15) is 13.2 Å². The summed E-state index contributed by atoms with van der Waals surface area (Å²) < 4.78 is 16.8. The Hall–Kier alpha value is -3.15. The van der Waals surface area contributed by atoms with E-state index < -0.39 is 6.10 Å². The number of carbonyl (C=O) groups is 3. The third kappa shape index (κ3) is 55.8. The number of carbonyl (C=O) groups excluding carboxylic acids is 3. The second kappa shape index (κ2) is 58.4. The van der Waals surface area contributed by atoms with E-state index in [-0.39, 0.29) is 31.1 Å². The molecule has 0 radical (unpaired) electrons. The van der Waals surface area contributed by atoms with Crippen molar-refractivity contribution < 1.29 is 28.6 Å². The Labute approximate surface area is 433 Å². The number of hydrogen-bond donors (Lipinski definition) is 0. The van der Waals surface area contributed by atoms with Crippen molar-refractivity contribution >= 4 is 17.9 Å². The van der Waals surface area contributed by atoms with E-state index in [9.17, 15) is 14.4 Å². The Bertz CT molecular complexity index is 1310. The fraction of sp³-hybridized carbons (Fsp3) is 0.766. The summed E-state index contributed by atoms with van der Waals surface area (Å²) in [6.07, 6.45) is 74.9. The Kier molecular flexibility index (Phi) is 55.8. The molecule has 70 heavy (non-hydrogen) atoms. The van der Waals surface area contributed by atoms with Crippen LogP contribution in [0.5, 0.6) is 0 Å². The van der Waals surface area contributed by atoms with Gasteiger partial charge in [-0.05, 0) is 83.5 Å². The lowest BCUT2D eigenvalue weighted by atomic mass is 10.0. The van der Waals surface area contributed by atoms with Crippen molar-refractivity contribution in [2.75, 3.05) is 13.2 Å². The van der Waals surface area contributed by atoms with Crippen LogP contribution < -0.4 is 0 Å². The van der Waals surface area contributed by atoms with Crippen LogP contribution in [0.1, 0.15) is 297 Å². The molecule has 404 valence electrons. The predicted molar refractivity (Wildman–Crippen MR) is 302 cm³/mol. The van der Waals surface area contributed by atoms with Crippen LogP contribution in [0.3, 0.4) is 0 Å². The molecule has 0 saturated carbocycles. The van der Waals surface area contributed by atoms with Crippen LogP contribution in [-0.4, -0.2) is 37.2 Å². The topological polar surface area (TPSA) is 78.9 Å². The second-order valence-corrected chi connectivity index (χ2v) is 19.9. The zero-order chi connectivity index (χ0) is 50.7. The van der Waals surface area contributed by atoms with Crippen LogP contribution in [0.4, 0.5) is 0 Å². The van der Waals surface area contributed by atoms with E-state index >= 15 is 0 Å². The van der Waals surface area contributed by atoms with Gasteiger partial charge in [-0.25, -0.2) is 0 Å². The van der Waals surface area contributed by atoms with Crippen LogP contribution in [0.15, 0.2) is 72.9 Å². The molecule has 0 aromatic heterocycles. The molecule has 6 nitrogen and oxygen atoms in total. The molecule has 1 atom stereocenters. The monoisotopic (exact) mass is 977 g/mol. The molecular formula is C64H112O6. The molecule has 0 bridgehead atoms. The average molecular weight is 978 g/mol. The maximum atomic E-state index is 12.8. The van der Waals surface area contributed by atoms with E-state index in [1.807, 2.05) is 0 Å². The van der Waals surface area contributed by atoms with Gasteiger partial charge in [-0.1, -0.05) is 267 Å². The second-order valence-electron chi connectivity index (χ2n) is 19.9. The van der Waals surface area contributed by atoms with E-state index in [0.717, 1.165) is 122 Å². The van der Waals surface area contributed by atoms with Gasteiger partial charge in [0.2, 0.25) is 0 Å². The number of allylic oxidation sites excluding steroid dienone is 12. The lowest BCUT2D eigenvalue weighted by Crippen LogP contribution is -2.30. The molecule has 0 aliphatic heterocycles. The summed E-state index contributed by atoms with van der Waals surface area (Å²) >= 11 is 0. The predicted octanol–water partition coefficient (Wildman–Crippen LogP) is 20.2. The molecule has 0 aromatic carbocycles. The summed E-state index contributed by atoms with van der Waals surface area (Å²) in [6.45, 7) is 6.40. The summed E-state index contributed by atoms with van der Waals surface area (Å²) in [7, 11) is 0. The summed E-state index contributed by atoms with van der Waals surface area (Å²) in [5.41, 5.74) is 0. The molecule has 0 saturated heterocycles. The molecule has 0 aliphatic rings. The van der Waals surface area contributed by atoms with Crippen LogP contribution in [0.2, 0.25) is 0 Å². The summed E-state index contributed by atoms with van der Waals surface area (Å²) in [4.78, 5) is 38.1. The van der Waals surface area contributed by atoms with Gasteiger partial charge in [0.15, 0.2) is 6.10 Å². The Morgan fingerprint density at radius 2 is 0.557 bits per heavy atom. The van der Waals surface area contributed by atoms with Crippen molar-refractivity contribution in [2.45, 2.75) is 303 Å². The van der Waals surface area contributed by atoms with Crippen LogP contribution in [0, 0.1) is 0 Å². The van der Waals surface area contributed by atoms with Crippen LogP contribution in [-0.2, 0) is 28.6 Å². The van der Waals surface area contributed by atoms with Crippen LogP contribution >= 0.6 is 0 Å². The van der Waals surface area contributed by atoms with E-state index in [0.29, 0.717) is 19.3 Å². The first-order chi connectivity index (χ1) is 34.5. The molecule has 6 heteroatoms. The summed E-state index contributed by atoms with van der Waals surface area (Å²) in [5, 5.41) is 0. The third-order valence-corrected chi connectivity index (χ3v) is 13.0. The molecule has 0 rings (SSSR count). The highest BCUT2D eigenvalue weighted by molar-refractivity contribution is 5.71. The zero-order valence-electron chi connectivity index (χ0n) is 46.3. The van der Waals surface area contributed by atoms with Crippen molar-refractivity contribution in [3.05, 3.63) is 72.9 Å². The summed E-state index contributed by atoms with van der Waals surface area (Å²) in [5.74, 6) is -0.928. The number of ether oxygens (including phenoxy) is 3. The van der Waals surface area contributed by atoms with Crippen LogP contribution in [0.25, 0.3) is 0 Å². The number of esters is 3. The number of rotatable bonds is 54. The molecule has 0 heterocycles. The largest absolute Gasteiger partial charge is 0.462 e. The first kappa shape index (κ1) is 66.9. The highest BCUT2D eigenvalue weighted by Crippen LogP contribution is 2.17. The molecule has 0 aliphatic carbocycles. The van der Waals surface area contributed by atoms with E-state index in [2.05, 4.69) is 93.7 Å². The molecular weight excluding hydrogens is 865 g/mol. The van der Waals surface area contributed by atoms with Gasteiger partial charge in [-0.2, -0.15) is 0 Å². The fourth-order valence-electron chi connectivity index (χ4n) is 8.53. The maximum absolute atomic E-state index is 12.8. The van der Waals surface area contributed by atoms with E-state index in [1.165, 1.54) is 135 Å². The van der Waals surface area contributed by atoms with E-state index in [4.69, 9.17) is 14.2 Å². The smallest absolute Gasteiger partial charge is 0.306 e. The van der Waals surface area contributed by atoms with Gasteiger partial charge in [-0.3, -0.25) is 14.4 Å². The van der Waals surface area contributed by atoms with Gasteiger partial charge in [-0.15, -0.1) is 0 Å². The standard InChI is InChI=1S/C64H112O6/c1-4-7-10-13-16-19-22-25-27-28-29-30-31-32-33-34-35-37-39-42-45-48-51-54-57-63(66)69-60-61(59-68-62(65)56-53-50-47-44-41-38-24-21-18-15-12-9-6-3)70-64(67)58-55-52-49-46-43-40-36-26-23-20-17-14-11-8-5-2/h8-9,11-12,17-18,20-21,26,36,38,41,61H,4-7,10,13-16,19,22-25,27-35,37,39-40,42-60H2,1-3H3/b11-8-,12-9-,20-17-,21-18-,36-26-,41-38-. The SMILES string of the molecule is CC/C=C\C/C=C\C/C=C\CCCCCCCC(=O)OC(COC(=O)CCCCC/C=C\C/C=C\C/C=C\CC)COC(=O)CCCCCCCCCCCCCCCCCCCCCCCCCC. The van der Waals surface area contributed by atoms with Gasteiger partial charge in [0.05, 0.1) is 0 Å². The molecule has 0 aromatic rings. The highest BCUT2D eigenvalue weighted by atomic mass is 16.6. The van der Waals surface area contributed by atoms with Gasteiger partial charge in [0.25, 0.3) is 0 Å². The quantitative estimate of drug-likeness (QED) is 0.0261. The Balaban J connectivity index is 4.29. The minimum Gasteiger partial charge on any atom is -0.462 e. The van der Waals surface area contributed by atoms with Gasteiger partial charge >= 0.3 is 17.9 Å². The lowest BCUT2D eigenvalue weighted by Gasteiger charge is -2.18. The normalized spacial score (nSPS) is 12.6. The molecule has 0 fully saturated rings. The minimum absolute atomic E-state index is 0.0898. The molecule has 0 amide bonds. The Morgan fingerprint density at radius 3 is 0.886 bits per heavy atom. The number of hydrogen-bond acceptors (Lipinski definition) is 6. The zero-order valence-corrected chi connectivity index (χ0v) is 46.3. The summed E-state index contributed by atoms with van der Waals surface area (Å²) in [6, 6.07) is 0. The van der Waals surface area contributed by atoms with Crippen molar-refractivity contribution in [3.8, 4) is 0 Å². The lowest BCUT2D eigenvalue weighted by molar-refractivity contribution is -0.167. The van der Waals surface area contributed by atoms with Crippen molar-refractivity contribution in [1.82, 2.24) is 0 Å². The van der Waals surface area contributed by atoms with Crippen molar-refractivity contribution in [3.63, 3.8) is 0 Å².